The molecule has 0 unspecified atom stereocenters. The number of nitrogens with zero attached hydrogens (tertiary/aromatic N) is 1. The molecule has 0 aliphatic carbocycles. The van der Waals surface area contributed by atoms with Crippen LogP contribution in [-0.2, 0) is 11.0 Å². The second kappa shape index (κ2) is 6.13. The monoisotopic (exact) mass is 282 g/mol. The van der Waals surface area contributed by atoms with Gasteiger partial charge in [0.1, 0.15) is 0 Å². The Labute approximate surface area is 117 Å². The first-order chi connectivity index (χ1) is 8.69. The van der Waals surface area contributed by atoms with E-state index in [4.69, 9.17) is 10.2 Å². The molecule has 0 bridgehead atoms. The quantitative estimate of drug-likeness (QED) is 0.815. The van der Waals surface area contributed by atoms with Gasteiger partial charge in [0, 0.05) is 6.20 Å². The number of rotatable bonds is 5. The summed E-state index contributed by atoms with van der Waals surface area (Å²) in [6.07, 6.45) is 1.70. The van der Waals surface area contributed by atoms with Crippen LogP contribution in [0, 0.1) is 0 Å². The maximum absolute atomic E-state index is 9.17. The number of nitrogens with two attached hydrogens (primary N) is 1. The van der Waals surface area contributed by atoms with Crippen molar-refractivity contribution in [1.82, 2.24) is 4.98 Å². The Morgan fingerprint density at radius 2 is 2.05 bits per heavy atom. The Hall–Kier alpha value is -0.753. The highest BCUT2D eigenvalue weighted by Crippen LogP contribution is 2.37. The third kappa shape index (κ3) is 4.11. The first-order valence-corrected chi connectivity index (χ1v) is 9.54. The summed E-state index contributed by atoms with van der Waals surface area (Å²) in [5.74, 6) is 0. The molecular weight excluding hydrogens is 256 g/mol. The molecule has 0 amide bonds. The zero-order valence-corrected chi connectivity index (χ0v) is 13.6. The maximum Gasteiger partial charge on any atom is 0.192 e. The average Bonchev–Trinajstić information content (AvgIpc) is 2.34. The van der Waals surface area contributed by atoms with Crippen molar-refractivity contribution < 1.29 is 9.53 Å². The van der Waals surface area contributed by atoms with E-state index < -0.39 is 14.4 Å². The van der Waals surface area contributed by atoms with Crippen LogP contribution in [-0.4, -0.2) is 25.0 Å². The lowest BCUT2D eigenvalue weighted by molar-refractivity contribution is 0.255. The molecule has 1 aromatic rings. The van der Waals surface area contributed by atoms with Crippen LogP contribution in [0.25, 0.3) is 0 Å². The predicted molar refractivity (Wildman–Crippen MR) is 80.2 cm³/mol. The first-order valence-electron chi connectivity index (χ1n) is 6.63. The van der Waals surface area contributed by atoms with Crippen LogP contribution < -0.4 is 5.73 Å². The second-order valence-corrected chi connectivity index (χ2v) is 11.2. The van der Waals surface area contributed by atoms with E-state index in [0.29, 0.717) is 6.61 Å². The lowest BCUT2D eigenvalue weighted by Crippen LogP contribution is -2.40. The lowest BCUT2D eigenvalue weighted by atomic mass is 10.1. The van der Waals surface area contributed by atoms with E-state index in [1.807, 2.05) is 12.1 Å². The van der Waals surface area contributed by atoms with E-state index in [0.717, 1.165) is 11.3 Å². The molecule has 0 aliphatic rings. The molecule has 0 spiro atoms. The molecule has 0 radical (unpaired) electrons. The highest BCUT2D eigenvalue weighted by molar-refractivity contribution is 6.74. The fourth-order valence-corrected chi connectivity index (χ4v) is 2.42. The average molecular weight is 282 g/mol. The van der Waals surface area contributed by atoms with Gasteiger partial charge in [0.05, 0.1) is 24.9 Å². The normalized spacial score (nSPS) is 14.5. The fourth-order valence-electron chi connectivity index (χ4n) is 1.47. The van der Waals surface area contributed by atoms with Gasteiger partial charge in [-0.25, -0.2) is 0 Å². The summed E-state index contributed by atoms with van der Waals surface area (Å²) in [5.41, 5.74) is 7.56. The van der Waals surface area contributed by atoms with E-state index in [9.17, 15) is 5.11 Å². The largest absolute Gasteiger partial charge is 0.412 e. The van der Waals surface area contributed by atoms with Crippen molar-refractivity contribution in [2.24, 2.45) is 5.73 Å². The Morgan fingerprint density at radius 3 is 2.58 bits per heavy atom. The molecule has 108 valence electrons. The zero-order valence-electron chi connectivity index (χ0n) is 12.6. The Morgan fingerprint density at radius 1 is 1.42 bits per heavy atom. The van der Waals surface area contributed by atoms with Crippen LogP contribution >= 0.6 is 0 Å². The highest BCUT2D eigenvalue weighted by atomic mass is 28.4. The van der Waals surface area contributed by atoms with Gasteiger partial charge in [0.2, 0.25) is 0 Å². The van der Waals surface area contributed by atoms with Crippen LogP contribution in [0.3, 0.4) is 0 Å². The number of aliphatic hydroxyl groups excluding tert-OH is 1. The summed E-state index contributed by atoms with van der Waals surface area (Å²) in [7, 11) is -1.79. The maximum atomic E-state index is 9.17. The van der Waals surface area contributed by atoms with Gasteiger partial charge in [0.25, 0.3) is 0 Å². The van der Waals surface area contributed by atoms with E-state index in [1.54, 1.807) is 6.20 Å². The number of pyridine rings is 1. The lowest BCUT2D eigenvalue weighted by Gasteiger charge is -2.36. The van der Waals surface area contributed by atoms with Gasteiger partial charge in [-0.2, -0.15) is 0 Å². The van der Waals surface area contributed by atoms with Crippen molar-refractivity contribution in [2.75, 3.05) is 6.61 Å². The number of hydrogen-bond acceptors (Lipinski definition) is 4. The highest BCUT2D eigenvalue weighted by Gasteiger charge is 2.37. The molecule has 1 rings (SSSR count). The Balaban J connectivity index is 2.84. The minimum absolute atomic E-state index is 0.107. The molecule has 3 N–H and O–H groups in total. The van der Waals surface area contributed by atoms with Crippen LogP contribution in [0.1, 0.15) is 38.1 Å². The Kier molecular flexibility index (Phi) is 5.26. The molecule has 0 saturated heterocycles. The molecular formula is C14H26N2O2Si. The van der Waals surface area contributed by atoms with Gasteiger partial charge in [-0.15, -0.1) is 0 Å². The molecule has 4 nitrogen and oxygen atoms in total. The van der Waals surface area contributed by atoms with Crippen LogP contribution in [0.5, 0.6) is 0 Å². The van der Waals surface area contributed by atoms with Crippen molar-refractivity contribution >= 4 is 8.32 Å². The first kappa shape index (κ1) is 16.3. The topological polar surface area (TPSA) is 68.4 Å². The van der Waals surface area contributed by atoms with Crippen LogP contribution in [0.2, 0.25) is 18.1 Å². The summed E-state index contributed by atoms with van der Waals surface area (Å²) in [6.45, 7) is 11.5. The summed E-state index contributed by atoms with van der Waals surface area (Å²) in [5, 5.41) is 9.35. The Bertz CT molecular complexity index is 416. The van der Waals surface area contributed by atoms with Crippen molar-refractivity contribution in [3.63, 3.8) is 0 Å². The van der Waals surface area contributed by atoms with Crippen molar-refractivity contribution in [3.05, 3.63) is 29.6 Å². The van der Waals surface area contributed by atoms with Crippen molar-refractivity contribution in [2.45, 2.75) is 51.6 Å². The van der Waals surface area contributed by atoms with E-state index in [2.05, 4.69) is 38.8 Å². The third-order valence-electron chi connectivity index (χ3n) is 3.87. The van der Waals surface area contributed by atoms with Crippen molar-refractivity contribution in [1.29, 1.82) is 0 Å². The molecule has 1 atom stereocenters. The summed E-state index contributed by atoms with van der Waals surface area (Å²) in [6, 6.07) is 3.39. The number of aliphatic hydroxyl groups is 1. The minimum Gasteiger partial charge on any atom is -0.412 e. The van der Waals surface area contributed by atoms with Gasteiger partial charge in [-0.1, -0.05) is 26.8 Å². The molecule has 0 aromatic carbocycles. The minimum atomic E-state index is -1.79. The smallest absolute Gasteiger partial charge is 0.192 e. The number of hydrogen-bond donors (Lipinski definition) is 2. The SMILES string of the molecule is CC(C)(C)[Si](C)(C)OCc1cccnc1[C@H](N)CO. The standard InChI is InChI=1S/C14H26N2O2Si/c1-14(2,3)19(4,5)18-10-11-7-6-8-16-13(11)12(15)9-17/h6-8,12,17H,9-10,15H2,1-5H3/t12-/m1/s1. The van der Waals surface area contributed by atoms with Gasteiger partial charge >= 0.3 is 0 Å². The molecule has 0 saturated carbocycles. The van der Waals surface area contributed by atoms with Crippen LogP contribution in [0.4, 0.5) is 0 Å². The zero-order chi connectivity index (χ0) is 14.7. The summed E-state index contributed by atoms with van der Waals surface area (Å²) >= 11 is 0. The van der Waals surface area contributed by atoms with Gasteiger partial charge in [-0.05, 0) is 29.8 Å². The predicted octanol–water partition coefficient (Wildman–Crippen LogP) is 2.60. The van der Waals surface area contributed by atoms with Crippen LogP contribution in [0.15, 0.2) is 18.3 Å². The number of aromatic nitrogens is 1. The fraction of sp³-hybridized carbons (Fsp3) is 0.643. The molecule has 5 heteroatoms. The molecule has 1 aromatic heterocycles. The van der Waals surface area contributed by atoms with Gasteiger partial charge in [0.15, 0.2) is 8.32 Å². The van der Waals surface area contributed by atoms with E-state index in [-0.39, 0.29) is 11.6 Å². The van der Waals surface area contributed by atoms with E-state index in [1.165, 1.54) is 0 Å². The molecule has 1 heterocycles. The molecule has 0 fully saturated rings. The molecule has 0 aliphatic heterocycles. The van der Waals surface area contributed by atoms with Gasteiger partial charge < -0.3 is 15.3 Å². The summed E-state index contributed by atoms with van der Waals surface area (Å²) < 4.78 is 6.18. The van der Waals surface area contributed by atoms with Crippen molar-refractivity contribution in [3.8, 4) is 0 Å². The van der Waals surface area contributed by atoms with Gasteiger partial charge in [-0.3, -0.25) is 4.98 Å². The summed E-state index contributed by atoms with van der Waals surface area (Å²) in [4.78, 5) is 4.26. The molecule has 19 heavy (non-hydrogen) atoms. The third-order valence-corrected chi connectivity index (χ3v) is 8.35. The second-order valence-electron chi connectivity index (χ2n) is 6.39. The van der Waals surface area contributed by atoms with E-state index >= 15 is 0 Å².